The number of amides is 2. The van der Waals surface area contributed by atoms with E-state index in [1.54, 1.807) is 24.3 Å². The fraction of sp³-hybridized carbons (Fsp3) is 0.211. The van der Waals surface area contributed by atoms with Gasteiger partial charge in [0.1, 0.15) is 31.5 Å². The number of fused-ring (bicyclic) bond motifs is 2. The number of hydrogen-bond donors (Lipinski definition) is 4. The predicted octanol–water partition coefficient (Wildman–Crippen LogP) is 7.50. The topological polar surface area (TPSA) is 185 Å². The molecular formula is C38H36Cl2F2N2O10S2. The molecule has 298 valence electrons. The number of rotatable bonds is 8. The molecule has 0 aromatic heterocycles. The van der Waals surface area contributed by atoms with E-state index in [4.69, 9.17) is 37.8 Å². The first-order chi connectivity index (χ1) is 26.7. The molecule has 0 aliphatic carbocycles. The van der Waals surface area contributed by atoms with Crippen molar-refractivity contribution in [2.45, 2.75) is 22.6 Å². The molecule has 12 nitrogen and oxygen atoms in total. The van der Waals surface area contributed by atoms with Gasteiger partial charge in [0, 0.05) is 45.4 Å². The average molecular weight is 854 g/mol. The number of phenolic OH excluding ortho intramolecular Hbond substituents is 1. The van der Waals surface area contributed by atoms with Gasteiger partial charge in [0.15, 0.2) is 0 Å². The molecule has 1 fully saturated rings. The largest absolute Gasteiger partial charge is 0.507 e. The number of aromatic hydroxyl groups is 1. The standard InChI is InChI=1S/C17H13ClFNO4S.C15H10ClNO4S.C4H8O.C2H5FO/c18-12-2-4-15(24-7-6-19)14(9-12)17(21)20-13-3-1-11-5-8-25(22,23)16(11)10-13;16-10-2-4-13(18)12(7-10)15(19)17-11-3-1-9-5-6-22(20,21)14(9)8-11;1-2-4-5-3-1;3-1-2-4/h1-5,8-10H,6-7H2,(H,20,21);1-8,18H,(H,17,19);1-4H2;4H,1-2H2. The van der Waals surface area contributed by atoms with Crippen LogP contribution in [0, 0.1) is 0 Å². The SMILES string of the molecule is C1CCOC1.O=C(Nc1ccc2c(c1)S(=O)(=O)C=C2)c1cc(Cl)ccc1O.O=C(Nc1ccc2c(c1)S(=O)(=O)C=C2)c1cc(Cl)ccc1OCCF.OCCF. The normalized spacial score (nSPS) is 14.7. The Balaban J connectivity index is 0.000000204. The number of phenols is 1. The zero-order chi connectivity index (χ0) is 40.9. The van der Waals surface area contributed by atoms with Gasteiger partial charge in [-0.25, -0.2) is 25.6 Å². The molecule has 0 saturated carbocycles. The first-order valence-corrected chi connectivity index (χ1v) is 20.5. The quantitative estimate of drug-likeness (QED) is 0.138. The first kappa shape index (κ1) is 43.9. The van der Waals surface area contributed by atoms with E-state index in [2.05, 4.69) is 10.6 Å². The molecule has 4 aromatic carbocycles. The molecule has 4 N–H and O–H groups in total. The van der Waals surface area contributed by atoms with Gasteiger partial charge < -0.3 is 30.3 Å². The van der Waals surface area contributed by atoms with Gasteiger partial charge in [-0.2, -0.15) is 0 Å². The zero-order valence-corrected chi connectivity index (χ0v) is 32.5. The van der Waals surface area contributed by atoms with Crippen LogP contribution in [-0.2, 0) is 24.4 Å². The molecule has 3 aliphatic rings. The number of carbonyl (C=O) groups excluding carboxylic acids is 2. The van der Waals surface area contributed by atoms with Crippen LogP contribution in [0.5, 0.6) is 11.5 Å². The van der Waals surface area contributed by atoms with E-state index in [1.165, 1.54) is 73.5 Å². The Labute approximate surface area is 332 Å². The molecule has 7 rings (SSSR count). The third-order valence-corrected chi connectivity index (χ3v) is 11.0. The van der Waals surface area contributed by atoms with E-state index in [0.717, 1.165) is 24.0 Å². The molecule has 3 heterocycles. The minimum Gasteiger partial charge on any atom is -0.507 e. The highest BCUT2D eigenvalue weighted by atomic mass is 35.5. The van der Waals surface area contributed by atoms with E-state index in [1.807, 2.05) is 0 Å². The third kappa shape index (κ3) is 12.1. The smallest absolute Gasteiger partial charge is 0.259 e. The van der Waals surface area contributed by atoms with Crippen LogP contribution in [0.1, 0.15) is 44.7 Å². The Hall–Kier alpha value is -4.84. The number of aliphatic hydroxyl groups is 1. The number of anilines is 2. The Morgan fingerprint density at radius 1 is 0.714 bits per heavy atom. The van der Waals surface area contributed by atoms with Crippen LogP contribution in [0.4, 0.5) is 20.2 Å². The number of aliphatic hydroxyl groups excluding tert-OH is 1. The summed E-state index contributed by atoms with van der Waals surface area (Å²) in [6.07, 6.45) is 5.55. The zero-order valence-electron chi connectivity index (χ0n) is 29.4. The molecule has 3 aliphatic heterocycles. The van der Waals surface area contributed by atoms with Gasteiger partial charge in [-0.1, -0.05) is 35.3 Å². The number of halogens is 4. The highest BCUT2D eigenvalue weighted by Gasteiger charge is 2.23. The highest BCUT2D eigenvalue weighted by Crippen LogP contribution is 2.32. The second kappa shape index (κ2) is 20.4. The summed E-state index contributed by atoms with van der Waals surface area (Å²) in [5.41, 5.74) is 1.90. The van der Waals surface area contributed by atoms with E-state index < -0.39 is 44.8 Å². The van der Waals surface area contributed by atoms with E-state index in [9.17, 15) is 40.3 Å². The summed E-state index contributed by atoms with van der Waals surface area (Å²) in [4.78, 5) is 24.9. The number of nitrogens with one attached hydrogen (secondary N) is 2. The second-order valence-electron chi connectivity index (χ2n) is 11.7. The van der Waals surface area contributed by atoms with Gasteiger partial charge >= 0.3 is 0 Å². The van der Waals surface area contributed by atoms with Crippen LogP contribution < -0.4 is 15.4 Å². The Bertz CT molecular complexity index is 2330. The number of benzene rings is 4. The molecule has 56 heavy (non-hydrogen) atoms. The molecule has 2 amide bonds. The lowest BCUT2D eigenvalue weighted by Crippen LogP contribution is -2.14. The molecule has 0 atom stereocenters. The van der Waals surface area contributed by atoms with Crippen molar-refractivity contribution in [3.8, 4) is 11.5 Å². The summed E-state index contributed by atoms with van der Waals surface area (Å²) >= 11 is 11.7. The molecule has 18 heteroatoms. The number of alkyl halides is 2. The minimum absolute atomic E-state index is 0.00832. The van der Waals surface area contributed by atoms with Crippen LogP contribution in [0.15, 0.2) is 93.4 Å². The van der Waals surface area contributed by atoms with E-state index >= 15 is 0 Å². The van der Waals surface area contributed by atoms with E-state index in [0.29, 0.717) is 32.5 Å². The maximum absolute atomic E-state index is 12.5. The van der Waals surface area contributed by atoms with Crippen LogP contribution in [-0.4, -0.2) is 78.6 Å². The van der Waals surface area contributed by atoms with Gasteiger partial charge in [0.2, 0.25) is 19.7 Å². The van der Waals surface area contributed by atoms with Gasteiger partial charge in [-0.3, -0.25) is 9.59 Å². The van der Waals surface area contributed by atoms with Crippen LogP contribution >= 0.6 is 23.2 Å². The van der Waals surface area contributed by atoms with Crippen molar-refractivity contribution in [3.05, 3.63) is 116 Å². The van der Waals surface area contributed by atoms with Gasteiger partial charge in [0.05, 0.1) is 27.5 Å². The molecule has 1 saturated heterocycles. The van der Waals surface area contributed by atoms with Crippen molar-refractivity contribution in [3.63, 3.8) is 0 Å². The predicted molar refractivity (Wildman–Crippen MR) is 210 cm³/mol. The molecule has 0 bridgehead atoms. The molecule has 4 aromatic rings. The monoisotopic (exact) mass is 852 g/mol. The Kier molecular flexibility index (Phi) is 16.0. The summed E-state index contributed by atoms with van der Waals surface area (Å²) in [6, 6.07) is 17.7. The Morgan fingerprint density at radius 2 is 1.20 bits per heavy atom. The Morgan fingerprint density at radius 3 is 1.66 bits per heavy atom. The fourth-order valence-electron chi connectivity index (χ4n) is 5.02. The number of sulfone groups is 2. The molecule has 0 unspecified atom stereocenters. The van der Waals surface area contributed by atoms with Crippen molar-refractivity contribution < 1.29 is 54.9 Å². The number of ether oxygens (including phenoxy) is 2. The van der Waals surface area contributed by atoms with Crippen LogP contribution in [0.3, 0.4) is 0 Å². The van der Waals surface area contributed by atoms with Crippen molar-refractivity contribution >= 4 is 78.2 Å². The first-order valence-electron chi connectivity index (χ1n) is 16.7. The van der Waals surface area contributed by atoms with E-state index in [-0.39, 0.29) is 45.6 Å². The van der Waals surface area contributed by atoms with Crippen molar-refractivity contribution in [1.29, 1.82) is 0 Å². The van der Waals surface area contributed by atoms with Crippen molar-refractivity contribution in [2.75, 3.05) is 50.4 Å². The highest BCUT2D eigenvalue weighted by molar-refractivity contribution is 7.95. The molecular weight excluding hydrogens is 817 g/mol. The lowest BCUT2D eigenvalue weighted by molar-refractivity contribution is 0.101. The summed E-state index contributed by atoms with van der Waals surface area (Å²) in [5, 5.41) is 25.2. The van der Waals surface area contributed by atoms with Crippen LogP contribution in [0.25, 0.3) is 12.2 Å². The summed E-state index contributed by atoms with van der Waals surface area (Å²) < 4.78 is 80.4. The lowest BCUT2D eigenvalue weighted by atomic mass is 10.1. The maximum Gasteiger partial charge on any atom is 0.259 e. The fourth-order valence-corrected chi connectivity index (χ4v) is 7.82. The van der Waals surface area contributed by atoms with Crippen molar-refractivity contribution in [1.82, 2.24) is 0 Å². The van der Waals surface area contributed by atoms with Crippen LogP contribution in [0.2, 0.25) is 10.0 Å². The average Bonchev–Trinajstić information content (AvgIpc) is 3.93. The molecule has 0 radical (unpaired) electrons. The minimum atomic E-state index is -3.47. The van der Waals surface area contributed by atoms with Gasteiger partial charge in [-0.05, 0) is 96.8 Å². The summed E-state index contributed by atoms with van der Waals surface area (Å²) in [5.74, 6) is -1.14. The van der Waals surface area contributed by atoms with Gasteiger partial charge in [0.25, 0.3) is 11.8 Å². The number of hydrogen-bond acceptors (Lipinski definition) is 10. The summed E-state index contributed by atoms with van der Waals surface area (Å²) in [7, 11) is -6.92. The summed E-state index contributed by atoms with van der Waals surface area (Å²) in [6.45, 7) is 0.143. The third-order valence-electron chi connectivity index (χ3n) is 7.65. The second-order valence-corrected chi connectivity index (χ2v) is 16.2. The maximum atomic E-state index is 12.5. The van der Waals surface area contributed by atoms with Crippen molar-refractivity contribution in [2.24, 2.45) is 0 Å². The van der Waals surface area contributed by atoms with Gasteiger partial charge in [-0.15, -0.1) is 0 Å². The number of carbonyl (C=O) groups is 2. The molecule has 0 spiro atoms. The lowest BCUT2D eigenvalue weighted by Gasteiger charge is -2.12.